The van der Waals surface area contributed by atoms with Gasteiger partial charge in [0.25, 0.3) is 0 Å². The van der Waals surface area contributed by atoms with Crippen LogP contribution >= 0.6 is 0 Å². The van der Waals surface area contributed by atoms with Gasteiger partial charge in [0.2, 0.25) is 5.91 Å². The van der Waals surface area contributed by atoms with Crippen molar-refractivity contribution in [3.8, 4) is 5.75 Å². The topological polar surface area (TPSA) is 48.0 Å². The minimum absolute atomic E-state index is 0.141. The zero-order valence-corrected chi connectivity index (χ0v) is 18.3. The van der Waals surface area contributed by atoms with Crippen LogP contribution in [0.15, 0.2) is 54.6 Å². The van der Waals surface area contributed by atoms with Crippen molar-refractivity contribution in [2.75, 3.05) is 32.9 Å². The van der Waals surface area contributed by atoms with Crippen LogP contribution in [0.2, 0.25) is 0 Å². The Kier molecular flexibility index (Phi) is 5.91. The molecule has 3 aliphatic rings. The molecule has 0 bridgehead atoms. The molecule has 3 heterocycles. The van der Waals surface area contributed by atoms with E-state index in [1.807, 2.05) is 23.1 Å². The van der Waals surface area contributed by atoms with Crippen molar-refractivity contribution in [1.29, 1.82) is 0 Å². The monoisotopic (exact) mass is 439 g/mol. The zero-order chi connectivity index (χ0) is 22.0. The van der Waals surface area contributed by atoms with Gasteiger partial charge < -0.3 is 19.1 Å². The third-order valence-electron chi connectivity index (χ3n) is 7.18. The maximum atomic E-state index is 14.0. The number of ether oxygens (including phenoxy) is 3. The van der Waals surface area contributed by atoms with E-state index in [4.69, 9.17) is 14.2 Å². The third kappa shape index (κ3) is 4.14. The number of benzene rings is 2. The van der Waals surface area contributed by atoms with Gasteiger partial charge in [0.1, 0.15) is 17.7 Å². The molecule has 32 heavy (non-hydrogen) atoms. The zero-order valence-electron chi connectivity index (χ0n) is 18.3. The van der Waals surface area contributed by atoms with Gasteiger partial charge in [-0.25, -0.2) is 4.39 Å². The van der Waals surface area contributed by atoms with Crippen LogP contribution in [0.3, 0.4) is 0 Å². The lowest BCUT2D eigenvalue weighted by Gasteiger charge is -2.45. The number of hydrogen-bond donors (Lipinski definition) is 0. The van der Waals surface area contributed by atoms with E-state index < -0.39 is 11.0 Å². The van der Waals surface area contributed by atoms with E-state index in [0.717, 1.165) is 24.9 Å². The number of amides is 1. The Labute approximate surface area is 188 Å². The summed E-state index contributed by atoms with van der Waals surface area (Å²) >= 11 is 0. The fourth-order valence-corrected chi connectivity index (χ4v) is 5.57. The number of halogens is 1. The third-order valence-corrected chi connectivity index (χ3v) is 7.18. The van der Waals surface area contributed by atoms with Crippen molar-refractivity contribution in [3.63, 3.8) is 0 Å². The standard InChI is InChI=1S/C26H30FNO4/c27-21-8-4-9-22(16-21)32-23-17-25(31-18-23)10-5-13-28(19-25)24(29)26(11-14-30-15-12-26)20-6-2-1-3-7-20/h1-4,6-9,16,23H,5,10-15,17-19H2/t23-,25+/m1/s1. The van der Waals surface area contributed by atoms with Gasteiger partial charge >= 0.3 is 0 Å². The van der Waals surface area contributed by atoms with Crippen LogP contribution in [-0.4, -0.2) is 55.4 Å². The lowest BCUT2D eigenvalue weighted by Crippen LogP contribution is -2.56. The van der Waals surface area contributed by atoms with Crippen LogP contribution in [0.5, 0.6) is 5.75 Å². The number of nitrogens with zero attached hydrogens (tertiary/aromatic N) is 1. The fourth-order valence-electron chi connectivity index (χ4n) is 5.57. The summed E-state index contributed by atoms with van der Waals surface area (Å²) in [5.74, 6) is 0.391. The average Bonchev–Trinajstić information content (AvgIpc) is 3.20. The van der Waals surface area contributed by atoms with Gasteiger partial charge in [0.15, 0.2) is 0 Å². The quantitative estimate of drug-likeness (QED) is 0.720. The molecule has 2 atom stereocenters. The van der Waals surface area contributed by atoms with Crippen LogP contribution in [0, 0.1) is 5.82 Å². The summed E-state index contributed by atoms with van der Waals surface area (Å²) in [6.45, 7) is 2.97. The SMILES string of the molecule is O=C(N1CCC[C@]2(C[C@@H](Oc3cccc(F)c3)CO2)C1)C1(c2ccccc2)CCOCC1. The number of carbonyl (C=O) groups is 1. The van der Waals surface area contributed by atoms with Gasteiger partial charge in [0, 0.05) is 38.8 Å². The number of rotatable bonds is 4. The first-order valence-corrected chi connectivity index (χ1v) is 11.6. The smallest absolute Gasteiger partial charge is 0.233 e. The number of piperidine rings is 1. The molecule has 0 radical (unpaired) electrons. The molecule has 0 aromatic heterocycles. The Hall–Kier alpha value is -2.44. The number of hydrogen-bond acceptors (Lipinski definition) is 4. The summed E-state index contributed by atoms with van der Waals surface area (Å²) in [6.07, 6.45) is 3.77. The molecule has 0 saturated carbocycles. The van der Waals surface area contributed by atoms with E-state index >= 15 is 0 Å². The minimum atomic E-state index is -0.534. The molecule has 1 spiro atoms. The molecule has 3 fully saturated rings. The Morgan fingerprint density at radius 3 is 2.66 bits per heavy atom. The highest BCUT2D eigenvalue weighted by molar-refractivity contribution is 5.88. The maximum absolute atomic E-state index is 14.0. The van der Waals surface area contributed by atoms with E-state index in [2.05, 4.69) is 12.1 Å². The molecular weight excluding hydrogens is 409 g/mol. The summed E-state index contributed by atoms with van der Waals surface area (Å²) in [4.78, 5) is 16.0. The van der Waals surface area contributed by atoms with Crippen LogP contribution in [-0.2, 0) is 19.7 Å². The minimum Gasteiger partial charge on any atom is -0.488 e. The predicted octanol–water partition coefficient (Wildman–Crippen LogP) is 4.10. The summed E-state index contributed by atoms with van der Waals surface area (Å²) < 4.78 is 31.4. The highest BCUT2D eigenvalue weighted by Gasteiger charge is 2.50. The first kappa shape index (κ1) is 21.4. The van der Waals surface area contributed by atoms with E-state index in [1.54, 1.807) is 12.1 Å². The Balaban J connectivity index is 1.31. The second kappa shape index (κ2) is 8.83. The van der Waals surface area contributed by atoms with Gasteiger partial charge in [-0.05, 0) is 43.4 Å². The highest BCUT2D eigenvalue weighted by atomic mass is 19.1. The first-order chi connectivity index (χ1) is 15.6. The molecule has 0 unspecified atom stereocenters. The molecule has 5 nitrogen and oxygen atoms in total. The lowest BCUT2D eigenvalue weighted by atomic mass is 9.72. The van der Waals surface area contributed by atoms with Crippen LogP contribution in [0.25, 0.3) is 0 Å². The summed E-state index contributed by atoms with van der Waals surface area (Å²) in [7, 11) is 0. The summed E-state index contributed by atoms with van der Waals surface area (Å²) in [5.41, 5.74) is 0.149. The first-order valence-electron chi connectivity index (χ1n) is 11.6. The highest BCUT2D eigenvalue weighted by Crippen LogP contribution is 2.41. The van der Waals surface area contributed by atoms with Gasteiger partial charge in [-0.2, -0.15) is 0 Å². The molecule has 2 aromatic rings. The number of carbonyl (C=O) groups excluding carboxylic acids is 1. The van der Waals surface area contributed by atoms with Crippen molar-refractivity contribution < 1.29 is 23.4 Å². The van der Waals surface area contributed by atoms with Gasteiger partial charge in [-0.3, -0.25) is 4.79 Å². The Bertz CT molecular complexity index is 946. The summed E-state index contributed by atoms with van der Waals surface area (Å²) in [6, 6.07) is 16.4. The largest absolute Gasteiger partial charge is 0.488 e. The number of likely N-dealkylation sites (tertiary alicyclic amines) is 1. The van der Waals surface area contributed by atoms with Crippen molar-refractivity contribution in [3.05, 3.63) is 66.0 Å². The molecular formula is C26H30FNO4. The van der Waals surface area contributed by atoms with Crippen LogP contribution in [0.1, 0.15) is 37.7 Å². The lowest BCUT2D eigenvalue weighted by molar-refractivity contribution is -0.149. The molecule has 6 heteroatoms. The summed E-state index contributed by atoms with van der Waals surface area (Å²) in [5, 5.41) is 0. The molecule has 1 amide bonds. The molecule has 3 aliphatic heterocycles. The van der Waals surface area contributed by atoms with Gasteiger partial charge in [-0.1, -0.05) is 36.4 Å². The van der Waals surface area contributed by atoms with Gasteiger partial charge in [0.05, 0.1) is 17.6 Å². The second-order valence-corrected chi connectivity index (χ2v) is 9.29. The van der Waals surface area contributed by atoms with Crippen molar-refractivity contribution in [2.24, 2.45) is 0 Å². The van der Waals surface area contributed by atoms with E-state index in [9.17, 15) is 9.18 Å². The normalized spacial score (nSPS) is 27.4. The van der Waals surface area contributed by atoms with Crippen LogP contribution in [0.4, 0.5) is 4.39 Å². The van der Waals surface area contributed by atoms with E-state index in [-0.39, 0.29) is 17.8 Å². The fraction of sp³-hybridized carbons (Fsp3) is 0.500. The van der Waals surface area contributed by atoms with E-state index in [1.165, 1.54) is 12.1 Å². The molecule has 170 valence electrons. The molecule has 5 rings (SSSR count). The van der Waals surface area contributed by atoms with E-state index in [0.29, 0.717) is 51.4 Å². The maximum Gasteiger partial charge on any atom is 0.233 e. The Morgan fingerprint density at radius 1 is 1.06 bits per heavy atom. The predicted molar refractivity (Wildman–Crippen MR) is 118 cm³/mol. The molecule has 3 saturated heterocycles. The molecule has 2 aromatic carbocycles. The van der Waals surface area contributed by atoms with Crippen LogP contribution < -0.4 is 4.74 Å². The van der Waals surface area contributed by atoms with Gasteiger partial charge in [-0.15, -0.1) is 0 Å². The average molecular weight is 440 g/mol. The van der Waals surface area contributed by atoms with Crippen molar-refractivity contribution >= 4 is 5.91 Å². The Morgan fingerprint density at radius 2 is 1.88 bits per heavy atom. The van der Waals surface area contributed by atoms with Crippen molar-refractivity contribution in [1.82, 2.24) is 4.90 Å². The molecule has 0 N–H and O–H groups in total. The van der Waals surface area contributed by atoms with Crippen molar-refractivity contribution in [2.45, 2.75) is 49.2 Å². The molecule has 0 aliphatic carbocycles. The second-order valence-electron chi connectivity index (χ2n) is 9.29.